The third-order valence-corrected chi connectivity index (χ3v) is 4.07. The molecule has 21 heavy (non-hydrogen) atoms. The fraction of sp³-hybridized carbons (Fsp3) is 1.00. The second kappa shape index (κ2) is 7.27. The summed E-state index contributed by atoms with van der Waals surface area (Å²) in [6.45, 7) is -0.882. The topological polar surface area (TPSA) is 182 Å². The molecule has 9 heteroatoms. The summed E-state index contributed by atoms with van der Waals surface area (Å²) in [4.78, 5) is 0. The third kappa shape index (κ3) is 3.70. The lowest BCUT2D eigenvalue weighted by molar-refractivity contribution is -0.236. The van der Waals surface area contributed by atoms with Gasteiger partial charge in [0.2, 0.25) is 0 Å². The van der Waals surface area contributed by atoms with Crippen LogP contribution in [0.1, 0.15) is 19.3 Å². The molecule has 8 atom stereocenters. The Morgan fingerprint density at radius 2 is 1.52 bits per heavy atom. The smallest absolute Gasteiger partial charge is 0.121 e. The Bertz CT molecular complexity index is 328. The minimum absolute atomic E-state index is 0.130. The lowest BCUT2D eigenvalue weighted by atomic mass is 9.74. The van der Waals surface area contributed by atoms with Crippen molar-refractivity contribution in [2.24, 2.45) is 0 Å². The van der Waals surface area contributed by atoms with Gasteiger partial charge in [0.15, 0.2) is 0 Å². The van der Waals surface area contributed by atoms with E-state index < -0.39 is 54.9 Å². The van der Waals surface area contributed by atoms with Gasteiger partial charge in [0.1, 0.15) is 42.2 Å². The van der Waals surface area contributed by atoms with E-state index in [2.05, 4.69) is 0 Å². The number of hydrogen-bond acceptors (Lipinski definition) is 9. The molecule has 0 aromatic heterocycles. The zero-order chi connectivity index (χ0) is 16.4. The van der Waals surface area contributed by atoms with E-state index in [-0.39, 0.29) is 19.3 Å². The largest absolute Gasteiger partial charge is 0.394 e. The van der Waals surface area contributed by atoms with Gasteiger partial charge in [-0.2, -0.15) is 0 Å². The van der Waals surface area contributed by atoms with Crippen molar-refractivity contribution in [3.05, 3.63) is 0 Å². The molecule has 0 bridgehead atoms. The molecule has 0 saturated heterocycles. The van der Waals surface area contributed by atoms with Gasteiger partial charge in [-0.25, -0.2) is 0 Å². The van der Waals surface area contributed by atoms with Crippen LogP contribution in [-0.2, 0) is 0 Å². The highest BCUT2D eigenvalue weighted by Gasteiger charge is 2.52. The van der Waals surface area contributed by atoms with E-state index in [1.54, 1.807) is 0 Å². The molecule has 0 spiro atoms. The van der Waals surface area contributed by atoms with Gasteiger partial charge < -0.3 is 46.0 Å². The number of hydrogen-bond donors (Lipinski definition) is 9. The molecule has 4 unspecified atom stereocenters. The Labute approximate surface area is 121 Å². The molecule has 0 heterocycles. The van der Waals surface area contributed by atoms with E-state index in [0.29, 0.717) is 0 Å². The maximum absolute atomic E-state index is 10.3. The van der Waals surface area contributed by atoms with Crippen molar-refractivity contribution in [1.29, 1.82) is 0 Å². The highest BCUT2D eigenvalue weighted by atomic mass is 16.4. The van der Waals surface area contributed by atoms with E-state index >= 15 is 0 Å². The molecule has 0 aromatic carbocycles. The van der Waals surface area contributed by atoms with Gasteiger partial charge in [-0.15, -0.1) is 0 Å². The van der Waals surface area contributed by atoms with Crippen molar-refractivity contribution in [2.75, 3.05) is 6.61 Å². The van der Waals surface area contributed by atoms with E-state index in [1.807, 2.05) is 0 Å². The Morgan fingerprint density at radius 3 is 2.05 bits per heavy atom. The number of aliphatic hydroxyl groups excluding tert-OH is 8. The van der Waals surface area contributed by atoms with Crippen LogP contribution < -0.4 is 0 Å². The van der Waals surface area contributed by atoms with Gasteiger partial charge in [0, 0.05) is 0 Å². The normalized spacial score (nSPS) is 37.6. The molecule has 1 fully saturated rings. The molecular weight excluding hydrogens is 288 g/mol. The molecule has 9 nitrogen and oxygen atoms in total. The van der Waals surface area contributed by atoms with E-state index in [1.165, 1.54) is 0 Å². The predicted octanol–water partition coefficient (Wildman–Crippen LogP) is -4.58. The van der Waals surface area contributed by atoms with Crippen LogP contribution in [0.5, 0.6) is 0 Å². The average Bonchev–Trinajstić information content (AvgIpc) is 2.48. The van der Waals surface area contributed by atoms with Gasteiger partial charge in [-0.1, -0.05) is 0 Å². The average molecular weight is 312 g/mol. The van der Waals surface area contributed by atoms with Crippen LogP contribution in [0.2, 0.25) is 0 Å². The van der Waals surface area contributed by atoms with Crippen molar-refractivity contribution >= 4 is 0 Å². The van der Waals surface area contributed by atoms with Crippen molar-refractivity contribution in [1.82, 2.24) is 0 Å². The van der Waals surface area contributed by atoms with Gasteiger partial charge in [-0.05, 0) is 19.3 Å². The Morgan fingerprint density at radius 1 is 0.952 bits per heavy atom. The zero-order valence-electron chi connectivity index (χ0n) is 11.4. The van der Waals surface area contributed by atoms with Crippen LogP contribution in [0, 0.1) is 0 Å². The standard InChI is InChI=1S/C12H24O9/c13-4-6(15)7(16)8(17)9(18)11(20)12(21)3-1-2-5(14)10(12)19/h5-11,13-21H,1-4H2/t5?,6-,7-,8+,9-,10?,11?,12?/m1/s1. The fourth-order valence-corrected chi connectivity index (χ4v) is 2.58. The molecule has 126 valence electrons. The van der Waals surface area contributed by atoms with Gasteiger partial charge in [-0.3, -0.25) is 0 Å². The highest BCUT2D eigenvalue weighted by molar-refractivity contribution is 5.03. The van der Waals surface area contributed by atoms with Crippen LogP contribution in [0.4, 0.5) is 0 Å². The van der Waals surface area contributed by atoms with Crippen LogP contribution in [0.15, 0.2) is 0 Å². The van der Waals surface area contributed by atoms with Gasteiger partial charge >= 0.3 is 0 Å². The second-order valence-corrected chi connectivity index (χ2v) is 5.56. The van der Waals surface area contributed by atoms with Gasteiger partial charge in [0.05, 0.1) is 12.7 Å². The first-order valence-electron chi connectivity index (χ1n) is 6.76. The van der Waals surface area contributed by atoms with Crippen molar-refractivity contribution < 1.29 is 46.0 Å². The van der Waals surface area contributed by atoms with E-state index in [9.17, 15) is 40.9 Å². The Hall–Kier alpha value is -0.360. The molecule has 1 aliphatic rings. The van der Waals surface area contributed by atoms with Crippen LogP contribution in [0.3, 0.4) is 0 Å². The van der Waals surface area contributed by atoms with Crippen LogP contribution in [0.25, 0.3) is 0 Å². The molecule has 1 rings (SSSR count). The summed E-state index contributed by atoms with van der Waals surface area (Å²) in [6, 6.07) is 0. The van der Waals surface area contributed by atoms with E-state index in [0.717, 1.165) is 0 Å². The summed E-state index contributed by atoms with van der Waals surface area (Å²) < 4.78 is 0. The first kappa shape index (κ1) is 18.7. The molecule has 0 radical (unpaired) electrons. The van der Waals surface area contributed by atoms with Crippen LogP contribution >= 0.6 is 0 Å². The van der Waals surface area contributed by atoms with Gasteiger partial charge in [0.25, 0.3) is 0 Å². The fourth-order valence-electron chi connectivity index (χ4n) is 2.58. The minimum Gasteiger partial charge on any atom is -0.394 e. The monoisotopic (exact) mass is 312 g/mol. The lowest BCUT2D eigenvalue weighted by Crippen LogP contribution is -2.65. The Balaban J connectivity index is 2.83. The predicted molar refractivity (Wildman–Crippen MR) is 67.9 cm³/mol. The molecule has 0 aromatic rings. The summed E-state index contributed by atoms with van der Waals surface area (Å²) in [7, 11) is 0. The quantitative estimate of drug-likeness (QED) is 0.233. The molecule has 0 amide bonds. The third-order valence-electron chi connectivity index (χ3n) is 4.07. The summed E-state index contributed by atoms with van der Waals surface area (Å²) >= 11 is 0. The molecular formula is C12H24O9. The number of aliphatic hydroxyl groups is 9. The first-order valence-corrected chi connectivity index (χ1v) is 6.76. The summed E-state index contributed by atoms with van der Waals surface area (Å²) in [5, 5.41) is 86.4. The van der Waals surface area contributed by atoms with Crippen molar-refractivity contribution in [2.45, 2.75) is 67.6 Å². The highest BCUT2D eigenvalue weighted by Crippen LogP contribution is 2.34. The number of rotatable bonds is 6. The summed E-state index contributed by atoms with van der Waals surface area (Å²) in [5.74, 6) is 0. The summed E-state index contributed by atoms with van der Waals surface area (Å²) in [5.41, 5.74) is -2.26. The van der Waals surface area contributed by atoms with Crippen molar-refractivity contribution in [3.8, 4) is 0 Å². The molecule has 1 saturated carbocycles. The van der Waals surface area contributed by atoms with Crippen LogP contribution in [-0.4, -0.2) is 101 Å². The van der Waals surface area contributed by atoms with E-state index in [4.69, 9.17) is 5.11 Å². The molecule has 9 N–H and O–H groups in total. The SMILES string of the molecule is OC[C@@H](O)[C@@H](O)[C@H](O)[C@@H](O)C(O)C1(O)CCCC(O)C1O. The van der Waals surface area contributed by atoms with Crippen molar-refractivity contribution in [3.63, 3.8) is 0 Å². The first-order chi connectivity index (χ1) is 9.66. The Kier molecular flexibility index (Phi) is 6.47. The second-order valence-electron chi connectivity index (χ2n) is 5.56. The maximum Gasteiger partial charge on any atom is 0.121 e. The lowest BCUT2D eigenvalue weighted by Gasteiger charge is -2.45. The maximum atomic E-state index is 10.3. The summed E-state index contributed by atoms with van der Waals surface area (Å²) in [6.07, 6.45) is -12.6. The zero-order valence-corrected chi connectivity index (χ0v) is 11.4. The minimum atomic E-state index is -2.26. The molecule has 0 aliphatic heterocycles. The molecule has 1 aliphatic carbocycles.